The third-order valence-electron chi connectivity index (χ3n) is 6.09. The number of nitrogens with one attached hydrogen (secondary N) is 3. The van der Waals surface area contributed by atoms with Gasteiger partial charge in [-0.2, -0.15) is 5.10 Å². The molecule has 3 amide bonds. The predicted molar refractivity (Wildman–Crippen MR) is 122 cm³/mol. The number of aromatic nitrogens is 2. The molecule has 1 fully saturated rings. The van der Waals surface area contributed by atoms with Gasteiger partial charge in [-0.25, -0.2) is 4.79 Å². The molecular weight excluding hydrogens is 408 g/mol. The van der Waals surface area contributed by atoms with Gasteiger partial charge in [0.1, 0.15) is 0 Å². The van der Waals surface area contributed by atoms with Crippen LogP contribution in [0.1, 0.15) is 53.6 Å². The zero-order chi connectivity index (χ0) is 22.7. The van der Waals surface area contributed by atoms with E-state index in [2.05, 4.69) is 34.9 Å². The number of benzene rings is 1. The lowest BCUT2D eigenvalue weighted by Gasteiger charge is -2.17. The number of urea groups is 1. The summed E-state index contributed by atoms with van der Waals surface area (Å²) in [6.07, 6.45) is 1.85. The van der Waals surface area contributed by atoms with Gasteiger partial charge >= 0.3 is 6.03 Å². The van der Waals surface area contributed by atoms with Gasteiger partial charge in [-0.05, 0) is 38.0 Å². The van der Waals surface area contributed by atoms with E-state index in [0.717, 1.165) is 41.9 Å². The lowest BCUT2D eigenvalue weighted by molar-refractivity contribution is 0.0943. The van der Waals surface area contributed by atoms with Crippen molar-refractivity contribution in [3.05, 3.63) is 46.8 Å². The average Bonchev–Trinajstić information content (AvgIpc) is 3.44. The van der Waals surface area contributed by atoms with E-state index in [1.54, 1.807) is 12.0 Å². The van der Waals surface area contributed by atoms with Crippen LogP contribution >= 0.6 is 0 Å². The van der Waals surface area contributed by atoms with Gasteiger partial charge < -0.3 is 25.6 Å². The molecule has 32 heavy (non-hydrogen) atoms. The zero-order valence-electron chi connectivity index (χ0n) is 19.0. The molecule has 1 aromatic heterocycles. The molecule has 0 aliphatic carbocycles. The van der Waals surface area contributed by atoms with Gasteiger partial charge in [0.05, 0.1) is 6.10 Å². The largest absolute Gasteiger partial charge is 0.380 e. The molecule has 172 valence electrons. The van der Waals surface area contributed by atoms with Crippen molar-refractivity contribution in [2.75, 3.05) is 32.1 Å². The standard InChI is InChI=1S/C23H32N6O3/c1-15(2)29-20-8-10-24-13-19(20)21(27-29)22(30)25-12-16-4-6-17(7-5-16)26-23(31)28-11-9-18(14-28)32-3/h4-7,15,18,24H,8-14H2,1-3H3,(H,25,30)(H,26,31). The van der Waals surface area contributed by atoms with Crippen molar-refractivity contribution in [1.82, 2.24) is 25.3 Å². The van der Waals surface area contributed by atoms with Crippen molar-refractivity contribution in [2.24, 2.45) is 0 Å². The Labute approximate surface area is 188 Å². The number of amides is 3. The summed E-state index contributed by atoms with van der Waals surface area (Å²) in [5, 5.41) is 13.8. The number of methoxy groups -OCH3 is 1. The maximum atomic E-state index is 12.8. The quantitative estimate of drug-likeness (QED) is 0.640. The number of nitrogens with zero attached hydrogens (tertiary/aromatic N) is 3. The lowest BCUT2D eigenvalue weighted by Crippen LogP contribution is -2.33. The zero-order valence-corrected chi connectivity index (χ0v) is 19.0. The van der Waals surface area contributed by atoms with Crippen LogP contribution in [-0.4, -0.2) is 59.5 Å². The molecule has 1 aromatic carbocycles. The van der Waals surface area contributed by atoms with Crippen molar-refractivity contribution in [3.8, 4) is 0 Å². The second-order valence-electron chi connectivity index (χ2n) is 8.64. The Morgan fingerprint density at radius 3 is 2.75 bits per heavy atom. The maximum absolute atomic E-state index is 12.8. The number of anilines is 1. The Bertz CT molecular complexity index is 969. The summed E-state index contributed by atoms with van der Waals surface area (Å²) in [4.78, 5) is 27.0. The molecule has 4 rings (SSSR count). The molecular formula is C23H32N6O3. The van der Waals surface area contributed by atoms with E-state index < -0.39 is 0 Å². The van der Waals surface area contributed by atoms with Gasteiger partial charge in [0.2, 0.25) is 0 Å². The smallest absolute Gasteiger partial charge is 0.321 e. The molecule has 9 nitrogen and oxygen atoms in total. The van der Waals surface area contributed by atoms with Gasteiger partial charge in [-0.15, -0.1) is 0 Å². The van der Waals surface area contributed by atoms with Crippen LogP contribution in [0.5, 0.6) is 0 Å². The van der Waals surface area contributed by atoms with E-state index in [0.29, 0.717) is 31.9 Å². The van der Waals surface area contributed by atoms with Crippen molar-refractivity contribution in [3.63, 3.8) is 0 Å². The number of carbonyl (C=O) groups is 2. The Kier molecular flexibility index (Phi) is 6.76. The molecule has 1 atom stereocenters. The second-order valence-corrected chi connectivity index (χ2v) is 8.64. The number of hydrogen-bond acceptors (Lipinski definition) is 5. The molecule has 0 bridgehead atoms. The van der Waals surface area contributed by atoms with Crippen molar-refractivity contribution in [1.29, 1.82) is 0 Å². The minimum Gasteiger partial charge on any atom is -0.380 e. The first-order valence-electron chi connectivity index (χ1n) is 11.2. The summed E-state index contributed by atoms with van der Waals surface area (Å²) in [6, 6.07) is 7.60. The van der Waals surface area contributed by atoms with Crippen LogP contribution in [0.15, 0.2) is 24.3 Å². The minimum atomic E-state index is -0.163. The topological polar surface area (TPSA) is 101 Å². The molecule has 0 spiro atoms. The van der Waals surface area contributed by atoms with Crippen LogP contribution in [0.3, 0.4) is 0 Å². The fraction of sp³-hybridized carbons (Fsp3) is 0.522. The first-order chi connectivity index (χ1) is 15.5. The molecule has 2 aromatic rings. The predicted octanol–water partition coefficient (Wildman–Crippen LogP) is 2.29. The van der Waals surface area contributed by atoms with E-state index in [1.165, 1.54) is 0 Å². The molecule has 3 N–H and O–H groups in total. The van der Waals surface area contributed by atoms with Gasteiger partial charge in [-0.1, -0.05) is 12.1 Å². The average molecular weight is 441 g/mol. The number of ether oxygens (including phenoxy) is 1. The minimum absolute atomic E-state index is 0.111. The summed E-state index contributed by atoms with van der Waals surface area (Å²) in [7, 11) is 1.67. The molecule has 3 heterocycles. The number of hydrogen-bond donors (Lipinski definition) is 3. The molecule has 1 unspecified atom stereocenters. The summed E-state index contributed by atoms with van der Waals surface area (Å²) in [5.74, 6) is -0.163. The SMILES string of the molecule is COC1CCN(C(=O)Nc2ccc(CNC(=O)c3nn(C(C)C)c4c3CNCC4)cc2)C1. The van der Waals surface area contributed by atoms with Gasteiger partial charge in [0, 0.05) is 69.2 Å². The van der Waals surface area contributed by atoms with Crippen LogP contribution in [-0.2, 0) is 24.2 Å². The Hall–Kier alpha value is -2.91. The number of likely N-dealkylation sites (tertiary alicyclic amines) is 1. The Morgan fingerprint density at radius 2 is 2.06 bits per heavy atom. The van der Waals surface area contributed by atoms with Crippen molar-refractivity contribution < 1.29 is 14.3 Å². The Balaban J connectivity index is 1.34. The van der Waals surface area contributed by atoms with Crippen LogP contribution < -0.4 is 16.0 Å². The van der Waals surface area contributed by atoms with Crippen LogP contribution in [0.25, 0.3) is 0 Å². The van der Waals surface area contributed by atoms with E-state index >= 15 is 0 Å². The van der Waals surface area contributed by atoms with E-state index in [-0.39, 0.29) is 24.1 Å². The van der Waals surface area contributed by atoms with E-state index in [9.17, 15) is 9.59 Å². The molecule has 1 saturated heterocycles. The highest BCUT2D eigenvalue weighted by molar-refractivity contribution is 5.94. The van der Waals surface area contributed by atoms with Crippen LogP contribution in [0.2, 0.25) is 0 Å². The van der Waals surface area contributed by atoms with Gasteiger partial charge in [0.15, 0.2) is 5.69 Å². The summed E-state index contributed by atoms with van der Waals surface area (Å²) < 4.78 is 7.28. The van der Waals surface area contributed by atoms with Crippen LogP contribution in [0, 0.1) is 0 Å². The third kappa shape index (κ3) is 4.78. The highest BCUT2D eigenvalue weighted by atomic mass is 16.5. The first-order valence-corrected chi connectivity index (χ1v) is 11.2. The first kappa shape index (κ1) is 22.3. The summed E-state index contributed by atoms with van der Waals surface area (Å²) in [5.41, 5.74) is 4.33. The molecule has 9 heteroatoms. The van der Waals surface area contributed by atoms with Gasteiger partial charge in [0.25, 0.3) is 5.91 Å². The second kappa shape index (κ2) is 9.70. The normalized spacial score (nSPS) is 18.0. The van der Waals surface area contributed by atoms with Crippen molar-refractivity contribution >= 4 is 17.6 Å². The summed E-state index contributed by atoms with van der Waals surface area (Å²) >= 11 is 0. The third-order valence-corrected chi connectivity index (χ3v) is 6.09. The fourth-order valence-electron chi connectivity index (χ4n) is 4.26. The fourth-order valence-corrected chi connectivity index (χ4v) is 4.26. The summed E-state index contributed by atoms with van der Waals surface area (Å²) in [6.45, 7) is 7.43. The number of rotatable bonds is 6. The lowest BCUT2D eigenvalue weighted by atomic mass is 10.1. The van der Waals surface area contributed by atoms with Crippen molar-refractivity contribution in [2.45, 2.75) is 51.9 Å². The van der Waals surface area contributed by atoms with Gasteiger partial charge in [-0.3, -0.25) is 9.48 Å². The molecule has 2 aliphatic rings. The van der Waals surface area contributed by atoms with E-state index in [1.807, 2.05) is 28.9 Å². The van der Waals surface area contributed by atoms with Crippen LogP contribution in [0.4, 0.5) is 10.5 Å². The Morgan fingerprint density at radius 1 is 1.28 bits per heavy atom. The highest BCUT2D eigenvalue weighted by Crippen LogP contribution is 2.22. The van der Waals surface area contributed by atoms with E-state index in [4.69, 9.17) is 4.74 Å². The maximum Gasteiger partial charge on any atom is 0.321 e. The molecule has 2 aliphatic heterocycles. The molecule has 0 saturated carbocycles. The highest BCUT2D eigenvalue weighted by Gasteiger charge is 2.27. The molecule has 0 radical (unpaired) electrons. The number of carbonyl (C=O) groups excluding carboxylic acids is 2. The number of fused-ring (bicyclic) bond motifs is 1. The monoisotopic (exact) mass is 440 g/mol.